The van der Waals surface area contributed by atoms with Gasteiger partial charge < -0.3 is 20.6 Å². The summed E-state index contributed by atoms with van der Waals surface area (Å²) in [6, 6.07) is 14.6. The Morgan fingerprint density at radius 1 is 1.00 bits per heavy atom. The van der Waals surface area contributed by atoms with Gasteiger partial charge in [0.2, 0.25) is 0 Å². The summed E-state index contributed by atoms with van der Waals surface area (Å²) >= 11 is 0. The summed E-state index contributed by atoms with van der Waals surface area (Å²) in [5.41, 5.74) is 0.775. The van der Waals surface area contributed by atoms with Crippen molar-refractivity contribution in [1.29, 1.82) is 0 Å². The summed E-state index contributed by atoms with van der Waals surface area (Å²) < 4.78 is 0. The molecule has 0 radical (unpaired) electrons. The number of phenolic OH excluding ortho intramolecular Hbond substituents is 2. The first-order valence-corrected chi connectivity index (χ1v) is 7.54. The van der Waals surface area contributed by atoms with E-state index in [4.69, 9.17) is 0 Å². The molecule has 4 nitrogen and oxygen atoms in total. The van der Waals surface area contributed by atoms with Crippen LogP contribution in [0.1, 0.15) is 24.5 Å². The van der Waals surface area contributed by atoms with Gasteiger partial charge in [-0.3, -0.25) is 0 Å². The SMILES string of the molecule is CCC(O)(CNCCc1ccccc1)c1ccc(O)c(O)c1. The summed E-state index contributed by atoms with van der Waals surface area (Å²) in [6.45, 7) is 3.04. The number of benzene rings is 2. The molecule has 2 aromatic rings. The highest BCUT2D eigenvalue weighted by Crippen LogP contribution is 2.32. The third-order valence-electron chi connectivity index (χ3n) is 3.95. The number of nitrogens with one attached hydrogen (secondary N) is 1. The molecule has 118 valence electrons. The van der Waals surface area contributed by atoms with Crippen LogP contribution in [0.3, 0.4) is 0 Å². The van der Waals surface area contributed by atoms with Crippen LogP contribution >= 0.6 is 0 Å². The fourth-order valence-corrected chi connectivity index (χ4v) is 2.42. The van der Waals surface area contributed by atoms with Gasteiger partial charge in [-0.2, -0.15) is 0 Å². The lowest BCUT2D eigenvalue weighted by atomic mass is 9.90. The summed E-state index contributed by atoms with van der Waals surface area (Å²) in [6.07, 6.45) is 1.40. The molecule has 0 saturated carbocycles. The second-order valence-corrected chi connectivity index (χ2v) is 5.50. The van der Waals surface area contributed by atoms with E-state index < -0.39 is 5.60 Å². The van der Waals surface area contributed by atoms with Crippen LogP contribution in [0, 0.1) is 0 Å². The molecule has 2 rings (SSSR count). The van der Waals surface area contributed by atoms with Crippen LogP contribution in [-0.4, -0.2) is 28.4 Å². The molecule has 1 atom stereocenters. The van der Waals surface area contributed by atoms with Crippen LogP contribution in [0.5, 0.6) is 11.5 Å². The fourth-order valence-electron chi connectivity index (χ4n) is 2.42. The molecule has 0 bridgehead atoms. The van der Waals surface area contributed by atoms with E-state index in [1.165, 1.54) is 17.7 Å². The summed E-state index contributed by atoms with van der Waals surface area (Å²) in [4.78, 5) is 0. The van der Waals surface area contributed by atoms with E-state index in [2.05, 4.69) is 17.4 Å². The Hall–Kier alpha value is -2.04. The van der Waals surface area contributed by atoms with Gasteiger partial charge in [0, 0.05) is 6.54 Å². The van der Waals surface area contributed by atoms with Crippen molar-refractivity contribution in [2.45, 2.75) is 25.4 Å². The first kappa shape index (κ1) is 16.3. The van der Waals surface area contributed by atoms with Crippen LogP contribution in [-0.2, 0) is 12.0 Å². The monoisotopic (exact) mass is 301 g/mol. The van der Waals surface area contributed by atoms with Gasteiger partial charge in [0.25, 0.3) is 0 Å². The Kier molecular flexibility index (Phi) is 5.41. The van der Waals surface area contributed by atoms with E-state index in [9.17, 15) is 15.3 Å². The predicted octanol–water partition coefficient (Wildman–Crippen LogP) is 2.53. The summed E-state index contributed by atoms with van der Waals surface area (Å²) in [5, 5.41) is 33.0. The molecule has 0 aliphatic rings. The van der Waals surface area contributed by atoms with Gasteiger partial charge in [0.05, 0.1) is 0 Å². The zero-order chi connectivity index (χ0) is 16.0. The first-order chi connectivity index (χ1) is 10.5. The maximum atomic E-state index is 10.7. The van der Waals surface area contributed by atoms with Gasteiger partial charge in [-0.05, 0) is 42.6 Å². The standard InChI is InChI=1S/C18H23NO3/c1-2-18(22,15-8-9-16(20)17(21)12-15)13-19-11-10-14-6-4-3-5-7-14/h3-9,12,19-22H,2,10-11,13H2,1H3. The molecule has 2 aromatic carbocycles. The van der Waals surface area contributed by atoms with Crippen LogP contribution in [0.15, 0.2) is 48.5 Å². The molecule has 0 fully saturated rings. The topological polar surface area (TPSA) is 72.7 Å². The highest BCUT2D eigenvalue weighted by Gasteiger charge is 2.27. The third kappa shape index (κ3) is 4.00. The number of aliphatic hydroxyl groups is 1. The van der Waals surface area contributed by atoms with E-state index in [0.717, 1.165) is 13.0 Å². The minimum absolute atomic E-state index is 0.181. The van der Waals surface area contributed by atoms with Crippen molar-refractivity contribution in [2.75, 3.05) is 13.1 Å². The molecular formula is C18H23NO3. The molecule has 0 aromatic heterocycles. The van der Waals surface area contributed by atoms with E-state index in [1.54, 1.807) is 6.07 Å². The molecule has 0 aliphatic heterocycles. The van der Waals surface area contributed by atoms with Crippen molar-refractivity contribution in [3.05, 3.63) is 59.7 Å². The van der Waals surface area contributed by atoms with Crippen LogP contribution in [0.2, 0.25) is 0 Å². The molecule has 0 amide bonds. The van der Waals surface area contributed by atoms with Crippen molar-refractivity contribution in [1.82, 2.24) is 5.32 Å². The Morgan fingerprint density at radius 3 is 2.36 bits per heavy atom. The zero-order valence-electron chi connectivity index (χ0n) is 12.8. The van der Waals surface area contributed by atoms with Crippen molar-refractivity contribution in [3.63, 3.8) is 0 Å². The fraction of sp³-hybridized carbons (Fsp3) is 0.333. The van der Waals surface area contributed by atoms with E-state index in [1.807, 2.05) is 25.1 Å². The second-order valence-electron chi connectivity index (χ2n) is 5.50. The largest absolute Gasteiger partial charge is 0.504 e. The average Bonchev–Trinajstić information content (AvgIpc) is 2.55. The molecule has 0 saturated heterocycles. The Labute approximate surface area is 131 Å². The smallest absolute Gasteiger partial charge is 0.157 e. The normalized spacial score (nSPS) is 13.7. The minimum atomic E-state index is -1.07. The number of aromatic hydroxyl groups is 2. The third-order valence-corrected chi connectivity index (χ3v) is 3.95. The minimum Gasteiger partial charge on any atom is -0.504 e. The Balaban J connectivity index is 1.94. The van der Waals surface area contributed by atoms with E-state index >= 15 is 0 Å². The summed E-state index contributed by atoms with van der Waals surface area (Å²) in [7, 11) is 0. The molecule has 0 spiro atoms. The molecular weight excluding hydrogens is 278 g/mol. The highest BCUT2D eigenvalue weighted by atomic mass is 16.3. The van der Waals surface area contributed by atoms with Gasteiger partial charge >= 0.3 is 0 Å². The number of phenols is 2. The first-order valence-electron chi connectivity index (χ1n) is 7.54. The number of rotatable bonds is 7. The lowest BCUT2D eigenvalue weighted by Crippen LogP contribution is -2.38. The van der Waals surface area contributed by atoms with Gasteiger partial charge in [-0.15, -0.1) is 0 Å². The van der Waals surface area contributed by atoms with Gasteiger partial charge in [0.1, 0.15) is 5.60 Å². The maximum Gasteiger partial charge on any atom is 0.157 e. The van der Waals surface area contributed by atoms with Crippen molar-refractivity contribution in [2.24, 2.45) is 0 Å². The van der Waals surface area contributed by atoms with Gasteiger partial charge in [-0.25, -0.2) is 0 Å². The number of hydrogen-bond donors (Lipinski definition) is 4. The van der Waals surface area contributed by atoms with Crippen LogP contribution in [0.4, 0.5) is 0 Å². The molecule has 0 aliphatic carbocycles. The van der Waals surface area contributed by atoms with Gasteiger partial charge in [0.15, 0.2) is 11.5 Å². The molecule has 22 heavy (non-hydrogen) atoms. The summed E-state index contributed by atoms with van der Waals surface area (Å²) in [5.74, 6) is -0.395. The van der Waals surface area contributed by atoms with Crippen molar-refractivity contribution in [3.8, 4) is 11.5 Å². The second kappa shape index (κ2) is 7.29. The van der Waals surface area contributed by atoms with Crippen LogP contribution < -0.4 is 5.32 Å². The Bertz CT molecular complexity index is 601. The number of hydrogen-bond acceptors (Lipinski definition) is 4. The molecule has 4 heteroatoms. The lowest BCUT2D eigenvalue weighted by molar-refractivity contribution is 0.0327. The van der Waals surface area contributed by atoms with Crippen molar-refractivity contribution < 1.29 is 15.3 Å². The molecule has 4 N–H and O–H groups in total. The maximum absolute atomic E-state index is 10.7. The lowest BCUT2D eigenvalue weighted by Gasteiger charge is -2.28. The predicted molar refractivity (Wildman–Crippen MR) is 87.0 cm³/mol. The van der Waals surface area contributed by atoms with Gasteiger partial charge in [-0.1, -0.05) is 43.3 Å². The quantitative estimate of drug-likeness (QED) is 0.468. The van der Waals surface area contributed by atoms with E-state index in [0.29, 0.717) is 18.5 Å². The van der Waals surface area contributed by atoms with E-state index in [-0.39, 0.29) is 11.5 Å². The highest BCUT2D eigenvalue weighted by molar-refractivity contribution is 5.42. The van der Waals surface area contributed by atoms with Crippen molar-refractivity contribution >= 4 is 0 Å². The Morgan fingerprint density at radius 2 is 1.73 bits per heavy atom. The molecule has 1 unspecified atom stereocenters. The average molecular weight is 301 g/mol. The van der Waals surface area contributed by atoms with Crippen LogP contribution in [0.25, 0.3) is 0 Å². The molecule has 0 heterocycles. The zero-order valence-corrected chi connectivity index (χ0v) is 12.8.